The lowest BCUT2D eigenvalue weighted by molar-refractivity contribution is 0.102. The first-order chi connectivity index (χ1) is 9.69. The molecule has 0 aliphatic heterocycles. The molecule has 0 spiro atoms. The number of aliphatic hydroxyl groups is 1. The number of benzene rings is 1. The molecule has 0 radical (unpaired) electrons. The van der Waals surface area contributed by atoms with Gasteiger partial charge in [0.15, 0.2) is 5.65 Å². The molecular formula is C14H14N4O2. The molecule has 0 amide bonds. The third-order valence-electron chi connectivity index (χ3n) is 3.11. The molecule has 0 unspecified atom stereocenters. The molecule has 6 nitrogen and oxygen atoms in total. The van der Waals surface area contributed by atoms with Gasteiger partial charge in [-0.3, -0.25) is 9.89 Å². The largest absolute Gasteiger partial charge is 0.396 e. The van der Waals surface area contributed by atoms with E-state index in [4.69, 9.17) is 5.11 Å². The summed E-state index contributed by atoms with van der Waals surface area (Å²) < 4.78 is 1.55. The monoisotopic (exact) mass is 270 g/mol. The molecule has 3 rings (SSSR count). The van der Waals surface area contributed by atoms with E-state index in [-0.39, 0.29) is 18.2 Å². The summed E-state index contributed by atoms with van der Waals surface area (Å²) in [5.74, 6) is 0.0633. The van der Waals surface area contributed by atoms with Crippen molar-refractivity contribution in [3.8, 4) is 0 Å². The molecule has 0 aliphatic carbocycles. The maximum Gasteiger partial charge on any atom is 0.232 e. The standard InChI is InChI=1S/C14H14N4O2/c1-9-3-2-4-10(7-9)13(20)14-16-15-12-8-11(5-6-19)17-18(12)14/h2-4,7-8,17,19H,5-6H2,1H3. The normalized spacial score (nSPS) is 11.1. The Morgan fingerprint density at radius 1 is 1.35 bits per heavy atom. The third kappa shape index (κ3) is 2.10. The van der Waals surface area contributed by atoms with Crippen molar-refractivity contribution in [2.45, 2.75) is 13.3 Å². The van der Waals surface area contributed by atoms with Crippen molar-refractivity contribution >= 4 is 11.4 Å². The Bertz CT molecular complexity index is 772. The van der Waals surface area contributed by atoms with E-state index < -0.39 is 0 Å². The molecule has 2 aromatic heterocycles. The van der Waals surface area contributed by atoms with Gasteiger partial charge in [0.1, 0.15) is 0 Å². The fraction of sp³-hybridized carbons (Fsp3) is 0.214. The summed E-state index contributed by atoms with van der Waals surface area (Å²) in [7, 11) is 0. The summed E-state index contributed by atoms with van der Waals surface area (Å²) in [4.78, 5) is 12.4. The molecule has 0 fully saturated rings. The van der Waals surface area contributed by atoms with Gasteiger partial charge in [-0.2, -0.15) is 0 Å². The molecule has 1 aromatic carbocycles. The summed E-state index contributed by atoms with van der Waals surface area (Å²) in [6.07, 6.45) is 0.488. The zero-order chi connectivity index (χ0) is 14.1. The van der Waals surface area contributed by atoms with Crippen LogP contribution in [0.5, 0.6) is 0 Å². The van der Waals surface area contributed by atoms with Gasteiger partial charge in [-0.15, -0.1) is 10.2 Å². The van der Waals surface area contributed by atoms with Gasteiger partial charge in [-0.1, -0.05) is 23.8 Å². The van der Waals surface area contributed by atoms with Crippen LogP contribution in [-0.2, 0) is 6.42 Å². The van der Waals surface area contributed by atoms with Crippen molar-refractivity contribution in [1.29, 1.82) is 0 Å². The van der Waals surface area contributed by atoms with Gasteiger partial charge in [0.25, 0.3) is 0 Å². The average Bonchev–Trinajstić information content (AvgIpc) is 2.98. The highest BCUT2D eigenvalue weighted by molar-refractivity contribution is 6.06. The van der Waals surface area contributed by atoms with Crippen molar-refractivity contribution in [2.24, 2.45) is 0 Å². The highest BCUT2D eigenvalue weighted by Crippen LogP contribution is 2.12. The summed E-state index contributed by atoms with van der Waals surface area (Å²) in [5, 5.41) is 19.9. The summed E-state index contributed by atoms with van der Waals surface area (Å²) in [5.41, 5.74) is 2.99. The second kappa shape index (κ2) is 4.90. The van der Waals surface area contributed by atoms with Gasteiger partial charge in [0, 0.05) is 30.4 Å². The van der Waals surface area contributed by atoms with Gasteiger partial charge in [0.05, 0.1) is 0 Å². The second-order valence-electron chi connectivity index (χ2n) is 4.67. The number of aromatic nitrogens is 4. The number of carbonyl (C=O) groups is 1. The zero-order valence-electron chi connectivity index (χ0n) is 11.0. The predicted octanol–water partition coefficient (Wildman–Crippen LogP) is 1.13. The van der Waals surface area contributed by atoms with Crippen LogP contribution in [0.2, 0.25) is 0 Å². The highest BCUT2D eigenvalue weighted by atomic mass is 16.3. The van der Waals surface area contributed by atoms with Gasteiger partial charge in [-0.05, 0) is 13.0 Å². The Morgan fingerprint density at radius 3 is 2.95 bits per heavy atom. The second-order valence-corrected chi connectivity index (χ2v) is 4.67. The van der Waals surface area contributed by atoms with Crippen molar-refractivity contribution < 1.29 is 9.90 Å². The van der Waals surface area contributed by atoms with Crippen molar-refractivity contribution in [1.82, 2.24) is 19.8 Å². The van der Waals surface area contributed by atoms with Crippen molar-refractivity contribution in [3.63, 3.8) is 0 Å². The Labute approximate surface area is 115 Å². The Hall–Kier alpha value is -2.47. The summed E-state index contributed by atoms with van der Waals surface area (Å²) >= 11 is 0. The third-order valence-corrected chi connectivity index (χ3v) is 3.11. The molecule has 3 aromatic rings. The van der Waals surface area contributed by atoms with E-state index in [2.05, 4.69) is 15.3 Å². The molecule has 102 valence electrons. The number of hydrogen-bond donors (Lipinski definition) is 2. The summed E-state index contributed by atoms with van der Waals surface area (Å²) in [6.45, 7) is 1.97. The van der Waals surface area contributed by atoms with Crippen LogP contribution in [0.1, 0.15) is 27.4 Å². The average molecular weight is 270 g/mol. The van der Waals surface area contributed by atoms with Crippen LogP contribution >= 0.6 is 0 Å². The van der Waals surface area contributed by atoms with E-state index >= 15 is 0 Å². The molecule has 2 heterocycles. The number of nitrogens with zero attached hydrogens (tertiary/aromatic N) is 3. The number of ketones is 1. The lowest BCUT2D eigenvalue weighted by Gasteiger charge is -2.00. The smallest absolute Gasteiger partial charge is 0.232 e. The van der Waals surface area contributed by atoms with Crippen LogP contribution in [0.3, 0.4) is 0 Å². The lowest BCUT2D eigenvalue weighted by Crippen LogP contribution is -2.08. The highest BCUT2D eigenvalue weighted by Gasteiger charge is 2.18. The van der Waals surface area contributed by atoms with Gasteiger partial charge in [-0.25, -0.2) is 4.52 Å². The first-order valence-corrected chi connectivity index (χ1v) is 6.34. The molecule has 0 aliphatic rings. The topological polar surface area (TPSA) is 83.3 Å². The maximum atomic E-state index is 12.4. The van der Waals surface area contributed by atoms with Gasteiger partial charge < -0.3 is 5.11 Å². The van der Waals surface area contributed by atoms with Gasteiger partial charge >= 0.3 is 0 Å². The quantitative estimate of drug-likeness (QED) is 0.696. The Morgan fingerprint density at radius 2 is 2.20 bits per heavy atom. The van der Waals surface area contributed by atoms with Crippen LogP contribution in [0.4, 0.5) is 0 Å². The minimum Gasteiger partial charge on any atom is -0.396 e. The molecule has 0 saturated carbocycles. The molecule has 0 bridgehead atoms. The van der Waals surface area contributed by atoms with E-state index in [9.17, 15) is 4.79 Å². The maximum absolute atomic E-state index is 12.4. The fourth-order valence-corrected chi connectivity index (χ4v) is 2.14. The minimum absolute atomic E-state index is 0.0399. The Kier molecular flexibility index (Phi) is 3.08. The number of carbonyl (C=O) groups excluding carboxylic acids is 1. The SMILES string of the molecule is Cc1cccc(C(=O)c2nnc3cc(CCO)[nH]n23)c1. The number of hydrogen-bond acceptors (Lipinski definition) is 4. The van der Waals surface area contributed by atoms with Crippen LogP contribution in [0.15, 0.2) is 30.3 Å². The Balaban J connectivity index is 2.03. The number of rotatable bonds is 4. The van der Waals surface area contributed by atoms with E-state index in [1.807, 2.05) is 25.1 Å². The van der Waals surface area contributed by atoms with Crippen LogP contribution in [0, 0.1) is 6.92 Å². The first-order valence-electron chi connectivity index (χ1n) is 6.34. The van der Waals surface area contributed by atoms with Crippen LogP contribution < -0.4 is 0 Å². The van der Waals surface area contributed by atoms with E-state index in [1.165, 1.54) is 0 Å². The summed E-state index contributed by atoms with van der Waals surface area (Å²) in [6, 6.07) is 9.13. The molecule has 0 saturated heterocycles. The first kappa shape index (κ1) is 12.6. The van der Waals surface area contributed by atoms with Crippen molar-refractivity contribution in [2.75, 3.05) is 6.61 Å². The zero-order valence-corrected chi connectivity index (χ0v) is 11.0. The van der Waals surface area contributed by atoms with E-state index in [0.29, 0.717) is 17.6 Å². The fourth-order valence-electron chi connectivity index (χ4n) is 2.14. The predicted molar refractivity (Wildman–Crippen MR) is 72.7 cm³/mol. The molecule has 20 heavy (non-hydrogen) atoms. The van der Waals surface area contributed by atoms with Crippen molar-refractivity contribution in [3.05, 3.63) is 53.0 Å². The van der Waals surface area contributed by atoms with Crippen LogP contribution in [-0.4, -0.2) is 37.3 Å². The number of H-pyrrole nitrogens is 1. The van der Waals surface area contributed by atoms with E-state index in [0.717, 1.165) is 11.3 Å². The number of aryl methyl sites for hydroxylation is 1. The number of fused-ring (bicyclic) bond motifs is 1. The molecule has 6 heteroatoms. The van der Waals surface area contributed by atoms with Gasteiger partial charge in [0.2, 0.25) is 11.6 Å². The molecule has 0 atom stereocenters. The number of aliphatic hydroxyl groups excluding tert-OH is 1. The lowest BCUT2D eigenvalue weighted by atomic mass is 10.1. The minimum atomic E-state index is -0.182. The number of nitrogens with one attached hydrogen (secondary N) is 1. The molecular weight excluding hydrogens is 256 g/mol. The number of aromatic amines is 1. The van der Waals surface area contributed by atoms with E-state index in [1.54, 1.807) is 16.6 Å². The van der Waals surface area contributed by atoms with Crippen LogP contribution in [0.25, 0.3) is 5.65 Å². The molecule has 2 N–H and O–H groups in total.